The van der Waals surface area contributed by atoms with Crippen LogP contribution in [-0.2, 0) is 4.74 Å². The molecular weight excluding hydrogens is 235 g/mol. The van der Waals surface area contributed by atoms with Crippen molar-refractivity contribution in [1.82, 2.24) is 0 Å². The summed E-state index contributed by atoms with van der Waals surface area (Å²) in [5.74, 6) is -0.441. The Labute approximate surface area is 99.1 Å². The Morgan fingerprint density at radius 1 is 1.27 bits per heavy atom. The predicted molar refractivity (Wildman–Crippen MR) is 61.6 cm³/mol. The van der Waals surface area contributed by atoms with Crippen molar-refractivity contribution in [2.75, 3.05) is 0 Å². The van der Waals surface area contributed by atoms with Crippen molar-refractivity contribution >= 4 is 29.2 Å². The SMILES string of the molecule is CC(C)(C)OC(=O)c1ccc(Cl)cc1Cl. The second kappa shape index (κ2) is 4.42. The van der Waals surface area contributed by atoms with Gasteiger partial charge in [0.05, 0.1) is 10.6 Å². The zero-order chi connectivity index (χ0) is 11.6. The van der Waals surface area contributed by atoms with E-state index >= 15 is 0 Å². The molecule has 0 aliphatic heterocycles. The Kier molecular flexibility index (Phi) is 3.63. The largest absolute Gasteiger partial charge is 0.456 e. The van der Waals surface area contributed by atoms with Crippen LogP contribution in [0.15, 0.2) is 18.2 Å². The minimum Gasteiger partial charge on any atom is -0.456 e. The van der Waals surface area contributed by atoms with Crippen LogP contribution < -0.4 is 0 Å². The third-order valence-corrected chi connectivity index (χ3v) is 2.10. The second-order valence-electron chi connectivity index (χ2n) is 4.13. The summed E-state index contributed by atoms with van der Waals surface area (Å²) in [6.45, 7) is 5.40. The number of halogens is 2. The third-order valence-electron chi connectivity index (χ3n) is 1.55. The first-order valence-corrected chi connectivity index (χ1v) is 5.23. The Hall–Kier alpha value is -0.730. The van der Waals surface area contributed by atoms with Gasteiger partial charge in [-0.05, 0) is 39.0 Å². The number of hydrogen-bond donors (Lipinski definition) is 0. The first-order valence-electron chi connectivity index (χ1n) is 4.48. The molecule has 1 rings (SSSR count). The van der Waals surface area contributed by atoms with Gasteiger partial charge in [0, 0.05) is 5.02 Å². The van der Waals surface area contributed by atoms with E-state index < -0.39 is 11.6 Å². The lowest BCUT2D eigenvalue weighted by Gasteiger charge is -2.19. The molecule has 1 aromatic rings. The molecule has 1 aromatic carbocycles. The summed E-state index contributed by atoms with van der Waals surface area (Å²) in [7, 11) is 0. The molecule has 0 saturated heterocycles. The summed E-state index contributed by atoms with van der Waals surface area (Å²) >= 11 is 11.6. The molecule has 0 N–H and O–H groups in total. The van der Waals surface area contributed by atoms with Crippen molar-refractivity contribution in [3.8, 4) is 0 Å². The lowest BCUT2D eigenvalue weighted by Crippen LogP contribution is -2.24. The minimum atomic E-state index is -0.528. The van der Waals surface area contributed by atoms with E-state index in [1.807, 2.05) is 0 Å². The van der Waals surface area contributed by atoms with Crippen molar-refractivity contribution in [1.29, 1.82) is 0 Å². The zero-order valence-corrected chi connectivity index (χ0v) is 10.3. The van der Waals surface area contributed by atoms with Gasteiger partial charge in [-0.25, -0.2) is 4.79 Å². The molecule has 0 unspecified atom stereocenters. The molecule has 0 bridgehead atoms. The quantitative estimate of drug-likeness (QED) is 0.702. The van der Waals surface area contributed by atoms with E-state index in [0.717, 1.165) is 0 Å². The van der Waals surface area contributed by atoms with Gasteiger partial charge in [-0.2, -0.15) is 0 Å². The van der Waals surface area contributed by atoms with Crippen LogP contribution in [0.4, 0.5) is 0 Å². The molecule has 0 heterocycles. The third kappa shape index (κ3) is 3.73. The van der Waals surface area contributed by atoms with Crippen molar-refractivity contribution in [3.63, 3.8) is 0 Å². The van der Waals surface area contributed by atoms with Gasteiger partial charge >= 0.3 is 5.97 Å². The molecule has 0 aromatic heterocycles. The van der Waals surface area contributed by atoms with E-state index in [1.165, 1.54) is 6.07 Å². The maximum atomic E-state index is 11.6. The topological polar surface area (TPSA) is 26.3 Å². The molecule has 0 aliphatic rings. The van der Waals surface area contributed by atoms with E-state index in [-0.39, 0.29) is 0 Å². The molecule has 15 heavy (non-hydrogen) atoms. The van der Waals surface area contributed by atoms with Gasteiger partial charge in [-0.15, -0.1) is 0 Å². The Morgan fingerprint density at radius 2 is 1.87 bits per heavy atom. The molecule has 0 spiro atoms. The second-order valence-corrected chi connectivity index (χ2v) is 4.97. The Morgan fingerprint density at radius 3 is 2.33 bits per heavy atom. The summed E-state index contributed by atoms with van der Waals surface area (Å²) in [6, 6.07) is 4.67. The average Bonchev–Trinajstić information content (AvgIpc) is 1.99. The van der Waals surface area contributed by atoms with Crippen LogP contribution in [0.25, 0.3) is 0 Å². The molecule has 0 atom stereocenters. The first kappa shape index (κ1) is 12.3. The molecule has 0 saturated carbocycles. The van der Waals surface area contributed by atoms with Gasteiger partial charge < -0.3 is 4.74 Å². The van der Waals surface area contributed by atoms with E-state index in [2.05, 4.69) is 0 Å². The van der Waals surface area contributed by atoms with Gasteiger partial charge in [0.2, 0.25) is 0 Å². The van der Waals surface area contributed by atoms with E-state index in [1.54, 1.807) is 32.9 Å². The van der Waals surface area contributed by atoms with Gasteiger partial charge in [-0.1, -0.05) is 23.2 Å². The van der Waals surface area contributed by atoms with Gasteiger partial charge in [0.15, 0.2) is 0 Å². The molecule has 2 nitrogen and oxygen atoms in total. The molecule has 82 valence electrons. The normalized spacial score (nSPS) is 11.3. The Bertz CT molecular complexity index is 381. The zero-order valence-electron chi connectivity index (χ0n) is 8.80. The highest BCUT2D eigenvalue weighted by molar-refractivity contribution is 6.36. The molecule has 4 heteroatoms. The number of ether oxygens (including phenoxy) is 1. The molecule has 0 amide bonds. The summed E-state index contributed by atoms with van der Waals surface area (Å²) in [6.07, 6.45) is 0. The lowest BCUT2D eigenvalue weighted by atomic mass is 10.1. The maximum Gasteiger partial charge on any atom is 0.340 e. The van der Waals surface area contributed by atoms with Crippen molar-refractivity contribution in [3.05, 3.63) is 33.8 Å². The fourth-order valence-corrected chi connectivity index (χ4v) is 1.47. The fourth-order valence-electron chi connectivity index (χ4n) is 0.988. The highest BCUT2D eigenvalue weighted by atomic mass is 35.5. The highest BCUT2D eigenvalue weighted by Gasteiger charge is 2.19. The first-order chi connectivity index (χ1) is 6.79. The van der Waals surface area contributed by atoms with Crippen LogP contribution in [0.2, 0.25) is 10.0 Å². The summed E-state index contributed by atoms with van der Waals surface area (Å²) in [4.78, 5) is 11.6. The van der Waals surface area contributed by atoms with Crippen molar-refractivity contribution in [2.45, 2.75) is 26.4 Å². The smallest absolute Gasteiger partial charge is 0.340 e. The lowest BCUT2D eigenvalue weighted by molar-refractivity contribution is 0.00698. The van der Waals surface area contributed by atoms with Gasteiger partial charge in [0.1, 0.15) is 5.60 Å². The fraction of sp³-hybridized carbons (Fsp3) is 0.364. The maximum absolute atomic E-state index is 11.6. The molecule has 0 radical (unpaired) electrons. The van der Waals surface area contributed by atoms with Crippen molar-refractivity contribution < 1.29 is 9.53 Å². The van der Waals surface area contributed by atoms with Gasteiger partial charge in [0.25, 0.3) is 0 Å². The summed E-state index contributed by atoms with van der Waals surface area (Å²) in [5.41, 5.74) is -0.198. The van der Waals surface area contributed by atoms with Crippen LogP contribution in [0, 0.1) is 0 Å². The van der Waals surface area contributed by atoms with Crippen LogP contribution in [0.5, 0.6) is 0 Å². The molecule has 0 aliphatic carbocycles. The van der Waals surface area contributed by atoms with Crippen LogP contribution in [0.3, 0.4) is 0 Å². The van der Waals surface area contributed by atoms with Gasteiger partial charge in [-0.3, -0.25) is 0 Å². The number of carbonyl (C=O) groups excluding carboxylic acids is 1. The molecular formula is C11H12Cl2O2. The van der Waals surface area contributed by atoms with Crippen molar-refractivity contribution in [2.24, 2.45) is 0 Å². The number of esters is 1. The number of benzene rings is 1. The van der Waals surface area contributed by atoms with E-state index in [0.29, 0.717) is 15.6 Å². The average molecular weight is 247 g/mol. The number of rotatable bonds is 1. The summed E-state index contributed by atoms with van der Waals surface area (Å²) < 4.78 is 5.18. The summed E-state index contributed by atoms with van der Waals surface area (Å²) in [5, 5.41) is 0.795. The monoisotopic (exact) mass is 246 g/mol. The van der Waals surface area contributed by atoms with E-state index in [4.69, 9.17) is 27.9 Å². The number of hydrogen-bond acceptors (Lipinski definition) is 2. The van der Waals surface area contributed by atoms with E-state index in [9.17, 15) is 4.79 Å². The van der Waals surface area contributed by atoms with Crippen LogP contribution in [-0.4, -0.2) is 11.6 Å². The minimum absolute atomic E-state index is 0.303. The molecule has 0 fully saturated rings. The Balaban J connectivity index is 2.92. The standard InChI is InChI=1S/C11H12Cl2O2/c1-11(2,3)15-10(14)8-5-4-7(12)6-9(8)13/h4-6H,1-3H3. The van der Waals surface area contributed by atoms with Crippen LogP contribution in [0.1, 0.15) is 31.1 Å². The number of carbonyl (C=O) groups is 1. The highest BCUT2D eigenvalue weighted by Crippen LogP contribution is 2.23. The predicted octanol–water partition coefficient (Wildman–Crippen LogP) is 3.95. The van der Waals surface area contributed by atoms with Crippen LogP contribution >= 0.6 is 23.2 Å².